The summed E-state index contributed by atoms with van der Waals surface area (Å²) in [5.74, 6) is 0. The third-order valence-corrected chi connectivity index (χ3v) is 4.46. The van der Waals surface area contributed by atoms with E-state index in [0.29, 0.717) is 12.1 Å². The van der Waals surface area contributed by atoms with Crippen LogP contribution in [0.2, 0.25) is 0 Å². The van der Waals surface area contributed by atoms with E-state index in [1.54, 1.807) is 0 Å². The lowest BCUT2D eigenvalue weighted by Gasteiger charge is -2.38. The van der Waals surface area contributed by atoms with Gasteiger partial charge in [0.15, 0.2) is 0 Å². The molecule has 0 aromatic rings. The molecule has 0 spiro atoms. The van der Waals surface area contributed by atoms with Gasteiger partial charge in [-0.1, -0.05) is 13.3 Å². The molecule has 0 amide bonds. The van der Waals surface area contributed by atoms with Crippen molar-refractivity contribution in [3.8, 4) is 0 Å². The first kappa shape index (κ1) is 14.3. The van der Waals surface area contributed by atoms with Crippen molar-refractivity contribution in [2.75, 3.05) is 26.2 Å². The maximum absolute atomic E-state index is 5.75. The Balaban J connectivity index is 1.67. The predicted molar refractivity (Wildman–Crippen MR) is 75.9 cm³/mol. The third kappa shape index (κ3) is 4.22. The van der Waals surface area contributed by atoms with Crippen molar-refractivity contribution >= 4 is 0 Å². The van der Waals surface area contributed by atoms with Crippen molar-refractivity contribution in [2.45, 2.75) is 70.6 Å². The van der Waals surface area contributed by atoms with Gasteiger partial charge < -0.3 is 10.1 Å². The zero-order valence-corrected chi connectivity index (χ0v) is 12.2. The Morgan fingerprint density at radius 1 is 1.33 bits per heavy atom. The van der Waals surface area contributed by atoms with E-state index < -0.39 is 0 Å². The Labute approximate surface area is 112 Å². The van der Waals surface area contributed by atoms with Gasteiger partial charge in [0, 0.05) is 18.6 Å². The molecule has 0 radical (unpaired) electrons. The number of rotatable bonds is 5. The monoisotopic (exact) mass is 254 g/mol. The summed E-state index contributed by atoms with van der Waals surface area (Å²) in [5, 5.41) is 3.65. The lowest BCUT2D eigenvalue weighted by atomic mass is 10.00. The summed E-state index contributed by atoms with van der Waals surface area (Å²) in [7, 11) is 0. The first-order chi connectivity index (χ1) is 8.79. The lowest BCUT2D eigenvalue weighted by Crippen LogP contribution is -2.49. The van der Waals surface area contributed by atoms with Gasteiger partial charge in [-0.05, 0) is 52.1 Å². The molecule has 1 N–H and O–H groups in total. The van der Waals surface area contributed by atoms with Gasteiger partial charge in [-0.15, -0.1) is 0 Å². The fourth-order valence-electron chi connectivity index (χ4n) is 3.27. The molecule has 3 atom stereocenters. The second-order valence-corrected chi connectivity index (χ2v) is 5.99. The van der Waals surface area contributed by atoms with Crippen LogP contribution in [0.1, 0.15) is 52.4 Å². The first-order valence-electron chi connectivity index (χ1n) is 7.88. The van der Waals surface area contributed by atoms with Crippen LogP contribution >= 0.6 is 0 Å². The van der Waals surface area contributed by atoms with Gasteiger partial charge in [0.05, 0.1) is 12.7 Å². The molecule has 106 valence electrons. The highest BCUT2D eigenvalue weighted by Gasteiger charge is 2.25. The van der Waals surface area contributed by atoms with E-state index >= 15 is 0 Å². The summed E-state index contributed by atoms with van der Waals surface area (Å²) in [5.41, 5.74) is 0. The molecule has 0 bridgehead atoms. The van der Waals surface area contributed by atoms with Crippen LogP contribution in [0.4, 0.5) is 0 Å². The highest BCUT2D eigenvalue weighted by Crippen LogP contribution is 2.17. The number of morpholine rings is 1. The fraction of sp³-hybridized carbons (Fsp3) is 1.00. The molecule has 3 heteroatoms. The Kier molecular flexibility index (Phi) is 5.93. The van der Waals surface area contributed by atoms with Crippen molar-refractivity contribution < 1.29 is 4.74 Å². The molecular formula is C15H30N2O. The summed E-state index contributed by atoms with van der Waals surface area (Å²) in [6.45, 7) is 9.01. The van der Waals surface area contributed by atoms with E-state index in [1.807, 2.05) is 0 Å². The van der Waals surface area contributed by atoms with Gasteiger partial charge in [0.1, 0.15) is 0 Å². The molecule has 2 aliphatic heterocycles. The normalized spacial score (nSPS) is 34.7. The summed E-state index contributed by atoms with van der Waals surface area (Å²) < 4.78 is 5.75. The lowest BCUT2D eigenvalue weighted by molar-refractivity contribution is -0.0562. The van der Waals surface area contributed by atoms with Gasteiger partial charge in [-0.25, -0.2) is 0 Å². The van der Waals surface area contributed by atoms with Crippen LogP contribution < -0.4 is 5.32 Å². The van der Waals surface area contributed by atoms with Crippen LogP contribution in [-0.2, 0) is 4.74 Å². The van der Waals surface area contributed by atoms with Gasteiger partial charge in [-0.2, -0.15) is 0 Å². The second kappa shape index (κ2) is 7.46. The van der Waals surface area contributed by atoms with Crippen LogP contribution in [0.5, 0.6) is 0 Å². The molecule has 0 saturated carbocycles. The summed E-state index contributed by atoms with van der Waals surface area (Å²) >= 11 is 0. The second-order valence-electron chi connectivity index (χ2n) is 5.99. The molecule has 3 unspecified atom stereocenters. The summed E-state index contributed by atoms with van der Waals surface area (Å²) in [6, 6.07) is 1.44. The quantitative estimate of drug-likeness (QED) is 0.815. The Morgan fingerprint density at radius 3 is 2.94 bits per heavy atom. The zero-order chi connectivity index (χ0) is 12.8. The minimum atomic E-state index is 0.417. The number of ether oxygens (including phenoxy) is 1. The molecule has 18 heavy (non-hydrogen) atoms. The molecule has 0 aromatic carbocycles. The smallest absolute Gasteiger partial charge is 0.0674 e. The van der Waals surface area contributed by atoms with Crippen LogP contribution in [0.15, 0.2) is 0 Å². The highest BCUT2D eigenvalue weighted by atomic mass is 16.5. The Bertz CT molecular complexity index is 229. The molecular weight excluding hydrogens is 224 g/mol. The summed E-state index contributed by atoms with van der Waals surface area (Å²) in [4.78, 5) is 2.65. The van der Waals surface area contributed by atoms with Crippen molar-refractivity contribution in [3.05, 3.63) is 0 Å². The molecule has 2 rings (SSSR count). The molecule has 3 nitrogen and oxygen atoms in total. The minimum Gasteiger partial charge on any atom is -0.376 e. The number of nitrogens with one attached hydrogen (secondary N) is 1. The molecule has 2 fully saturated rings. The van der Waals surface area contributed by atoms with Crippen LogP contribution in [-0.4, -0.2) is 49.3 Å². The average Bonchev–Trinajstić information content (AvgIpc) is 2.40. The van der Waals surface area contributed by atoms with Crippen LogP contribution in [0.25, 0.3) is 0 Å². The number of piperidine rings is 1. The maximum atomic E-state index is 5.75. The molecule has 2 saturated heterocycles. The van der Waals surface area contributed by atoms with Gasteiger partial charge in [0.25, 0.3) is 0 Å². The topological polar surface area (TPSA) is 24.5 Å². The predicted octanol–water partition coefficient (Wildman–Crippen LogP) is 2.41. The first-order valence-corrected chi connectivity index (χ1v) is 7.88. The van der Waals surface area contributed by atoms with Crippen molar-refractivity contribution in [1.29, 1.82) is 0 Å². The number of hydrogen-bond donors (Lipinski definition) is 1. The zero-order valence-electron chi connectivity index (χ0n) is 12.2. The fourth-order valence-corrected chi connectivity index (χ4v) is 3.27. The molecule has 2 heterocycles. The minimum absolute atomic E-state index is 0.417. The van der Waals surface area contributed by atoms with Crippen LogP contribution in [0.3, 0.4) is 0 Å². The van der Waals surface area contributed by atoms with E-state index in [0.717, 1.165) is 19.2 Å². The standard InChI is InChI=1S/C15H30N2O/c1-3-15-12-18-13(2)11-17(15)10-6-8-14-7-4-5-9-16-14/h13-16H,3-12H2,1-2H3. The van der Waals surface area contributed by atoms with E-state index in [9.17, 15) is 0 Å². The van der Waals surface area contributed by atoms with E-state index in [4.69, 9.17) is 4.74 Å². The van der Waals surface area contributed by atoms with E-state index in [1.165, 1.54) is 51.6 Å². The van der Waals surface area contributed by atoms with E-state index in [-0.39, 0.29) is 0 Å². The average molecular weight is 254 g/mol. The van der Waals surface area contributed by atoms with Gasteiger partial charge >= 0.3 is 0 Å². The van der Waals surface area contributed by atoms with Crippen molar-refractivity contribution in [3.63, 3.8) is 0 Å². The van der Waals surface area contributed by atoms with Crippen molar-refractivity contribution in [1.82, 2.24) is 10.2 Å². The largest absolute Gasteiger partial charge is 0.376 e. The SMILES string of the molecule is CCC1COC(C)CN1CCCC1CCCCN1. The molecule has 2 aliphatic rings. The van der Waals surface area contributed by atoms with Gasteiger partial charge in [-0.3, -0.25) is 4.90 Å². The van der Waals surface area contributed by atoms with E-state index in [2.05, 4.69) is 24.1 Å². The van der Waals surface area contributed by atoms with Crippen molar-refractivity contribution in [2.24, 2.45) is 0 Å². The maximum Gasteiger partial charge on any atom is 0.0674 e. The number of nitrogens with zero attached hydrogens (tertiary/aromatic N) is 1. The summed E-state index contributed by atoms with van der Waals surface area (Å²) in [6.07, 6.45) is 8.49. The molecule has 0 aliphatic carbocycles. The highest BCUT2D eigenvalue weighted by molar-refractivity contribution is 4.79. The molecule has 0 aromatic heterocycles. The Hall–Kier alpha value is -0.120. The third-order valence-electron chi connectivity index (χ3n) is 4.46. The Morgan fingerprint density at radius 2 is 2.22 bits per heavy atom. The van der Waals surface area contributed by atoms with Gasteiger partial charge in [0.2, 0.25) is 0 Å². The van der Waals surface area contributed by atoms with Crippen LogP contribution in [0, 0.1) is 0 Å². The number of hydrogen-bond acceptors (Lipinski definition) is 3.